The predicted molar refractivity (Wildman–Crippen MR) is 60.5 cm³/mol. The number of carbonyl (C=O) groups is 1. The number of pyridine rings is 1. The summed E-state index contributed by atoms with van der Waals surface area (Å²) < 4.78 is 0. The maximum atomic E-state index is 11.6. The van der Waals surface area contributed by atoms with Crippen molar-refractivity contribution < 1.29 is 4.79 Å². The molecule has 0 saturated carbocycles. The first-order chi connectivity index (χ1) is 7.22. The fourth-order valence-corrected chi connectivity index (χ4v) is 1.52. The summed E-state index contributed by atoms with van der Waals surface area (Å²) in [6, 6.07) is 4.02. The van der Waals surface area contributed by atoms with E-state index in [1.165, 1.54) is 0 Å². The van der Waals surface area contributed by atoms with Crippen molar-refractivity contribution in [3.63, 3.8) is 0 Å². The minimum absolute atomic E-state index is 0.0731. The summed E-state index contributed by atoms with van der Waals surface area (Å²) in [6.07, 6.45) is 5.97. The lowest BCUT2D eigenvalue weighted by molar-refractivity contribution is -0.121. The van der Waals surface area contributed by atoms with E-state index < -0.39 is 0 Å². The number of hydrogen-bond donors (Lipinski definition) is 1. The summed E-state index contributed by atoms with van der Waals surface area (Å²) in [4.78, 5) is 15.5. The Morgan fingerprint density at radius 3 is 3.00 bits per heavy atom. The van der Waals surface area contributed by atoms with Gasteiger partial charge in [-0.3, -0.25) is 9.78 Å². The number of nitrogens with one attached hydrogen (secondary N) is 1. The molecule has 0 aromatic carbocycles. The van der Waals surface area contributed by atoms with Crippen LogP contribution in [0.5, 0.6) is 0 Å². The fourth-order valence-electron chi connectivity index (χ4n) is 1.52. The number of amides is 1. The summed E-state index contributed by atoms with van der Waals surface area (Å²) in [6.45, 7) is 4.15. The maximum Gasteiger partial charge on any atom is 0.224 e. The number of carbonyl (C=O) groups excluding carboxylic acids is 1. The van der Waals surface area contributed by atoms with E-state index in [9.17, 15) is 4.79 Å². The second-order valence-corrected chi connectivity index (χ2v) is 3.80. The Labute approximate surface area is 90.9 Å². The van der Waals surface area contributed by atoms with Gasteiger partial charge in [0.1, 0.15) is 0 Å². The smallest absolute Gasteiger partial charge is 0.224 e. The van der Waals surface area contributed by atoms with Crippen molar-refractivity contribution in [2.75, 3.05) is 0 Å². The molecule has 0 bridgehead atoms. The van der Waals surface area contributed by atoms with Crippen molar-refractivity contribution in [3.8, 4) is 0 Å². The van der Waals surface area contributed by atoms with Gasteiger partial charge in [-0.05, 0) is 25.0 Å². The quantitative estimate of drug-likeness (QED) is 0.799. The summed E-state index contributed by atoms with van der Waals surface area (Å²) in [5.74, 6) is 0.0731. The van der Waals surface area contributed by atoms with Gasteiger partial charge >= 0.3 is 0 Å². The van der Waals surface area contributed by atoms with Crippen LogP contribution in [0.2, 0.25) is 0 Å². The second kappa shape index (κ2) is 6.17. The Balaban J connectivity index is 2.36. The van der Waals surface area contributed by atoms with Crippen molar-refractivity contribution in [1.82, 2.24) is 10.3 Å². The van der Waals surface area contributed by atoms with Crippen LogP contribution in [0.1, 0.15) is 32.3 Å². The van der Waals surface area contributed by atoms with E-state index in [4.69, 9.17) is 0 Å². The molecule has 1 rings (SSSR count). The molecular weight excluding hydrogens is 188 g/mol. The van der Waals surface area contributed by atoms with Crippen LogP contribution >= 0.6 is 0 Å². The topological polar surface area (TPSA) is 42.0 Å². The van der Waals surface area contributed by atoms with E-state index in [0.717, 1.165) is 18.4 Å². The standard InChI is InChI=1S/C12H18N2O/c1-3-5-10(2)14-12(15)8-11-6-4-7-13-9-11/h4,6-7,9-10H,3,5,8H2,1-2H3,(H,14,15). The van der Waals surface area contributed by atoms with Gasteiger partial charge in [0.25, 0.3) is 0 Å². The molecule has 15 heavy (non-hydrogen) atoms. The van der Waals surface area contributed by atoms with Crippen LogP contribution in [-0.4, -0.2) is 16.9 Å². The molecule has 0 radical (unpaired) electrons. The van der Waals surface area contributed by atoms with Gasteiger partial charge in [-0.15, -0.1) is 0 Å². The molecule has 0 aliphatic rings. The molecule has 1 amide bonds. The first-order valence-corrected chi connectivity index (χ1v) is 5.40. The Morgan fingerprint density at radius 1 is 1.60 bits per heavy atom. The average molecular weight is 206 g/mol. The molecule has 0 aliphatic carbocycles. The zero-order chi connectivity index (χ0) is 11.1. The van der Waals surface area contributed by atoms with Gasteiger partial charge < -0.3 is 5.32 Å². The van der Waals surface area contributed by atoms with Crippen molar-refractivity contribution in [2.24, 2.45) is 0 Å². The van der Waals surface area contributed by atoms with Gasteiger partial charge in [-0.2, -0.15) is 0 Å². The third kappa shape index (κ3) is 4.58. The summed E-state index contributed by atoms with van der Waals surface area (Å²) in [7, 11) is 0. The molecule has 0 spiro atoms. The Kier molecular flexibility index (Phi) is 4.81. The number of nitrogens with zero attached hydrogens (tertiary/aromatic N) is 1. The highest BCUT2D eigenvalue weighted by Crippen LogP contribution is 1.99. The van der Waals surface area contributed by atoms with Crippen LogP contribution in [-0.2, 0) is 11.2 Å². The third-order valence-corrected chi connectivity index (χ3v) is 2.22. The molecule has 1 aromatic rings. The van der Waals surface area contributed by atoms with Crippen LogP contribution < -0.4 is 5.32 Å². The van der Waals surface area contributed by atoms with Crippen LogP contribution in [0.15, 0.2) is 24.5 Å². The molecule has 82 valence electrons. The molecule has 0 aliphatic heterocycles. The van der Waals surface area contributed by atoms with E-state index >= 15 is 0 Å². The van der Waals surface area contributed by atoms with E-state index in [-0.39, 0.29) is 11.9 Å². The number of hydrogen-bond acceptors (Lipinski definition) is 2. The largest absolute Gasteiger partial charge is 0.353 e. The van der Waals surface area contributed by atoms with Gasteiger partial charge in [0.15, 0.2) is 0 Å². The van der Waals surface area contributed by atoms with Crippen molar-refractivity contribution in [1.29, 1.82) is 0 Å². The predicted octanol–water partition coefficient (Wildman–Crippen LogP) is 1.93. The molecular formula is C12H18N2O. The van der Waals surface area contributed by atoms with Crippen LogP contribution in [0.3, 0.4) is 0 Å². The van der Waals surface area contributed by atoms with Crippen molar-refractivity contribution >= 4 is 5.91 Å². The molecule has 1 unspecified atom stereocenters. The fraction of sp³-hybridized carbons (Fsp3) is 0.500. The van der Waals surface area contributed by atoms with E-state index in [1.807, 2.05) is 19.1 Å². The van der Waals surface area contributed by atoms with Gasteiger partial charge in [0.05, 0.1) is 6.42 Å². The Morgan fingerprint density at radius 2 is 2.40 bits per heavy atom. The van der Waals surface area contributed by atoms with Gasteiger partial charge in [-0.1, -0.05) is 19.4 Å². The van der Waals surface area contributed by atoms with Crippen LogP contribution in [0.4, 0.5) is 0 Å². The highest BCUT2D eigenvalue weighted by atomic mass is 16.1. The first kappa shape index (κ1) is 11.7. The molecule has 0 saturated heterocycles. The van der Waals surface area contributed by atoms with E-state index in [2.05, 4.69) is 17.2 Å². The Hall–Kier alpha value is -1.38. The maximum absolute atomic E-state index is 11.6. The molecule has 1 heterocycles. The Bertz CT molecular complexity index is 298. The normalized spacial score (nSPS) is 12.1. The minimum Gasteiger partial charge on any atom is -0.353 e. The monoisotopic (exact) mass is 206 g/mol. The highest BCUT2D eigenvalue weighted by Gasteiger charge is 2.06. The molecule has 1 N–H and O–H groups in total. The minimum atomic E-state index is 0.0731. The van der Waals surface area contributed by atoms with E-state index in [0.29, 0.717) is 6.42 Å². The second-order valence-electron chi connectivity index (χ2n) is 3.80. The molecule has 0 fully saturated rings. The zero-order valence-electron chi connectivity index (χ0n) is 9.36. The summed E-state index contributed by atoms with van der Waals surface area (Å²) in [5, 5.41) is 2.96. The van der Waals surface area contributed by atoms with Gasteiger partial charge in [-0.25, -0.2) is 0 Å². The number of aromatic nitrogens is 1. The summed E-state index contributed by atoms with van der Waals surface area (Å²) >= 11 is 0. The van der Waals surface area contributed by atoms with Crippen LogP contribution in [0, 0.1) is 0 Å². The van der Waals surface area contributed by atoms with Crippen molar-refractivity contribution in [3.05, 3.63) is 30.1 Å². The lowest BCUT2D eigenvalue weighted by Gasteiger charge is -2.12. The lowest BCUT2D eigenvalue weighted by atomic mass is 10.1. The number of rotatable bonds is 5. The average Bonchev–Trinajstić information content (AvgIpc) is 2.19. The van der Waals surface area contributed by atoms with Gasteiger partial charge in [0, 0.05) is 18.4 Å². The van der Waals surface area contributed by atoms with E-state index in [1.54, 1.807) is 12.4 Å². The SMILES string of the molecule is CCCC(C)NC(=O)Cc1cccnc1. The molecule has 1 atom stereocenters. The lowest BCUT2D eigenvalue weighted by Crippen LogP contribution is -2.33. The van der Waals surface area contributed by atoms with Crippen LogP contribution in [0.25, 0.3) is 0 Å². The third-order valence-electron chi connectivity index (χ3n) is 2.22. The first-order valence-electron chi connectivity index (χ1n) is 5.40. The van der Waals surface area contributed by atoms with Gasteiger partial charge in [0.2, 0.25) is 5.91 Å². The van der Waals surface area contributed by atoms with Crippen molar-refractivity contribution in [2.45, 2.75) is 39.2 Å². The molecule has 3 heteroatoms. The highest BCUT2D eigenvalue weighted by molar-refractivity contribution is 5.78. The molecule has 1 aromatic heterocycles. The zero-order valence-corrected chi connectivity index (χ0v) is 9.36. The summed E-state index contributed by atoms with van der Waals surface area (Å²) in [5.41, 5.74) is 0.957. The molecule has 3 nitrogen and oxygen atoms in total.